The molecule has 0 bridgehead atoms. The number of aliphatic hydroxyl groups excluding tert-OH is 1. The van der Waals surface area contributed by atoms with Gasteiger partial charge in [-0.3, -0.25) is 14.5 Å². The van der Waals surface area contributed by atoms with Gasteiger partial charge in [-0.15, -0.1) is 0 Å². The Morgan fingerprint density at radius 2 is 1.81 bits per heavy atom. The quantitative estimate of drug-likeness (QED) is 0.298. The number of nitrogens with zero attached hydrogens (tertiary/aromatic N) is 1. The first-order valence-corrected chi connectivity index (χ1v) is 10.1. The van der Waals surface area contributed by atoms with E-state index in [1.165, 1.54) is 6.07 Å². The second kappa shape index (κ2) is 7.77. The second-order valence-electron chi connectivity index (χ2n) is 7.18. The van der Waals surface area contributed by atoms with Crippen LogP contribution in [0.1, 0.15) is 28.7 Å². The summed E-state index contributed by atoms with van der Waals surface area (Å²) >= 11 is 3.37. The molecule has 1 unspecified atom stereocenters. The summed E-state index contributed by atoms with van der Waals surface area (Å²) in [5.74, 6) is -3.62. The molecule has 2 aromatic carbocycles. The lowest BCUT2D eigenvalue weighted by molar-refractivity contribution is -0.132. The van der Waals surface area contributed by atoms with E-state index in [0.717, 1.165) is 33.1 Å². The van der Waals surface area contributed by atoms with E-state index < -0.39 is 40.8 Å². The van der Waals surface area contributed by atoms with Gasteiger partial charge in [0, 0.05) is 16.1 Å². The van der Waals surface area contributed by atoms with Crippen LogP contribution in [-0.4, -0.2) is 16.8 Å². The molecule has 1 amide bonds. The van der Waals surface area contributed by atoms with Crippen LogP contribution in [0.5, 0.6) is 0 Å². The lowest BCUT2D eigenvalue weighted by Crippen LogP contribution is -2.30. The first kappa shape index (κ1) is 21.0. The molecule has 31 heavy (non-hydrogen) atoms. The summed E-state index contributed by atoms with van der Waals surface area (Å²) in [6.07, 6.45) is 0. The fourth-order valence-corrected chi connectivity index (χ4v) is 3.82. The molecule has 1 saturated heterocycles. The standard InChI is InChI=1S/C23H16BrF2NO4/c1-11-9-13(4-6-15(11)24)21(28)19-20(18-8-3-12(2)31-18)27(23(30)22(19)29)17-10-14(25)5-7-16(17)26/h3-10,20,28H,1-2H3/b21-19-. The topological polar surface area (TPSA) is 70.8 Å². The number of amides is 1. The number of carbonyl (C=O) groups is 2. The molecule has 3 aromatic rings. The molecule has 1 aliphatic heterocycles. The van der Waals surface area contributed by atoms with E-state index >= 15 is 0 Å². The number of hydrogen-bond donors (Lipinski definition) is 1. The van der Waals surface area contributed by atoms with Gasteiger partial charge in [0.05, 0.1) is 11.3 Å². The smallest absolute Gasteiger partial charge is 0.300 e. The Labute approximate surface area is 184 Å². The van der Waals surface area contributed by atoms with Crippen LogP contribution < -0.4 is 4.90 Å². The van der Waals surface area contributed by atoms with Crippen molar-refractivity contribution in [2.24, 2.45) is 0 Å². The maximum Gasteiger partial charge on any atom is 0.300 e. The van der Waals surface area contributed by atoms with Crippen LogP contribution in [0.25, 0.3) is 5.76 Å². The van der Waals surface area contributed by atoms with Crippen molar-refractivity contribution in [2.75, 3.05) is 4.90 Å². The largest absolute Gasteiger partial charge is 0.507 e. The molecule has 4 rings (SSSR count). The molecule has 8 heteroatoms. The Morgan fingerprint density at radius 1 is 1.06 bits per heavy atom. The van der Waals surface area contributed by atoms with E-state index in [-0.39, 0.29) is 11.3 Å². The summed E-state index contributed by atoms with van der Waals surface area (Å²) in [7, 11) is 0. The Hall–Kier alpha value is -3.26. The van der Waals surface area contributed by atoms with E-state index in [9.17, 15) is 23.5 Å². The van der Waals surface area contributed by atoms with E-state index in [1.54, 1.807) is 38.1 Å². The molecule has 158 valence electrons. The lowest BCUT2D eigenvalue weighted by Gasteiger charge is -2.24. The summed E-state index contributed by atoms with van der Waals surface area (Å²) in [4.78, 5) is 26.7. The molecule has 5 nitrogen and oxygen atoms in total. The van der Waals surface area contributed by atoms with E-state index in [2.05, 4.69) is 15.9 Å². The minimum atomic E-state index is -1.27. The predicted molar refractivity (Wildman–Crippen MR) is 113 cm³/mol. The van der Waals surface area contributed by atoms with Gasteiger partial charge in [0.15, 0.2) is 0 Å². The number of aryl methyl sites for hydroxylation is 2. The maximum atomic E-state index is 14.6. The molecule has 1 aliphatic rings. The maximum absolute atomic E-state index is 14.6. The van der Waals surface area contributed by atoms with E-state index in [0.29, 0.717) is 11.3 Å². The third-order valence-electron chi connectivity index (χ3n) is 5.07. The molecular weight excluding hydrogens is 472 g/mol. The van der Waals surface area contributed by atoms with Gasteiger partial charge in [0.2, 0.25) is 0 Å². The van der Waals surface area contributed by atoms with Crippen molar-refractivity contribution in [3.63, 3.8) is 0 Å². The number of hydrogen-bond acceptors (Lipinski definition) is 4. The van der Waals surface area contributed by atoms with Crippen LogP contribution in [0.3, 0.4) is 0 Å². The summed E-state index contributed by atoms with van der Waals surface area (Å²) in [6.45, 7) is 3.46. The summed E-state index contributed by atoms with van der Waals surface area (Å²) in [5.41, 5.74) is 0.392. The van der Waals surface area contributed by atoms with Crippen molar-refractivity contribution < 1.29 is 27.9 Å². The number of halogens is 3. The zero-order valence-electron chi connectivity index (χ0n) is 16.4. The minimum Gasteiger partial charge on any atom is -0.507 e. The van der Waals surface area contributed by atoms with Crippen LogP contribution >= 0.6 is 15.9 Å². The molecular formula is C23H16BrF2NO4. The van der Waals surface area contributed by atoms with Gasteiger partial charge in [0.1, 0.15) is 35.0 Å². The predicted octanol–water partition coefficient (Wildman–Crippen LogP) is 5.56. The third-order valence-corrected chi connectivity index (χ3v) is 5.96. The molecule has 1 atom stereocenters. The van der Waals surface area contributed by atoms with Gasteiger partial charge in [-0.25, -0.2) is 8.78 Å². The lowest BCUT2D eigenvalue weighted by atomic mass is 9.98. The summed E-state index contributed by atoms with van der Waals surface area (Å²) in [5, 5.41) is 11.0. The van der Waals surface area contributed by atoms with Crippen molar-refractivity contribution in [1.82, 2.24) is 0 Å². The number of ketones is 1. The van der Waals surface area contributed by atoms with Crippen LogP contribution in [0.15, 0.2) is 63.0 Å². The van der Waals surface area contributed by atoms with Gasteiger partial charge >= 0.3 is 0 Å². The first-order chi connectivity index (χ1) is 14.7. The van der Waals surface area contributed by atoms with Crippen molar-refractivity contribution in [3.05, 3.63) is 92.9 Å². The van der Waals surface area contributed by atoms with Gasteiger partial charge in [0.25, 0.3) is 11.7 Å². The summed E-state index contributed by atoms with van der Waals surface area (Å²) < 4.78 is 34.9. The third kappa shape index (κ3) is 3.57. The van der Waals surface area contributed by atoms with E-state index in [1.807, 2.05) is 0 Å². The van der Waals surface area contributed by atoms with Crippen LogP contribution in [0, 0.1) is 25.5 Å². The van der Waals surface area contributed by atoms with Crippen LogP contribution in [0.4, 0.5) is 14.5 Å². The number of benzene rings is 2. The molecule has 0 spiro atoms. The SMILES string of the molecule is Cc1ccc(C2/C(=C(/O)c3ccc(Br)c(C)c3)C(=O)C(=O)N2c2cc(F)ccc2F)o1. The molecule has 0 saturated carbocycles. The Balaban J connectivity index is 1.98. The zero-order chi connectivity index (χ0) is 22.4. The Morgan fingerprint density at radius 3 is 2.45 bits per heavy atom. The van der Waals surface area contributed by atoms with E-state index in [4.69, 9.17) is 4.42 Å². The Kier molecular flexibility index (Phi) is 5.26. The molecule has 1 N–H and O–H groups in total. The van der Waals surface area contributed by atoms with Crippen molar-refractivity contribution in [2.45, 2.75) is 19.9 Å². The molecule has 0 aliphatic carbocycles. The number of aliphatic hydroxyl groups is 1. The number of Topliss-reactive ketones (excluding diaryl/α,β-unsaturated/α-hetero) is 1. The second-order valence-corrected chi connectivity index (χ2v) is 8.03. The highest BCUT2D eigenvalue weighted by atomic mass is 79.9. The molecule has 1 fully saturated rings. The van der Waals surface area contributed by atoms with Crippen LogP contribution in [-0.2, 0) is 9.59 Å². The molecule has 1 aromatic heterocycles. The average molecular weight is 488 g/mol. The fraction of sp³-hybridized carbons (Fsp3) is 0.130. The van der Waals surface area contributed by atoms with Gasteiger partial charge in [-0.2, -0.15) is 0 Å². The Bertz CT molecular complexity index is 1260. The first-order valence-electron chi connectivity index (χ1n) is 9.28. The monoisotopic (exact) mass is 487 g/mol. The summed E-state index contributed by atoms with van der Waals surface area (Å²) in [6, 6.07) is 9.38. The van der Waals surface area contributed by atoms with Crippen molar-refractivity contribution in [3.8, 4) is 0 Å². The molecule has 0 radical (unpaired) electrons. The van der Waals surface area contributed by atoms with Crippen molar-refractivity contribution in [1.29, 1.82) is 0 Å². The highest BCUT2D eigenvalue weighted by Crippen LogP contribution is 2.43. The van der Waals surface area contributed by atoms with Crippen molar-refractivity contribution >= 4 is 39.1 Å². The van der Waals surface area contributed by atoms with Gasteiger partial charge in [-0.1, -0.05) is 22.0 Å². The van der Waals surface area contributed by atoms with Gasteiger partial charge in [-0.05, 0) is 55.8 Å². The highest BCUT2D eigenvalue weighted by molar-refractivity contribution is 9.10. The minimum absolute atomic E-state index is 0.135. The fourth-order valence-electron chi connectivity index (χ4n) is 3.57. The average Bonchev–Trinajstić information content (AvgIpc) is 3.27. The molecule has 2 heterocycles. The number of furan rings is 1. The van der Waals surface area contributed by atoms with Gasteiger partial charge < -0.3 is 9.52 Å². The normalized spacial score (nSPS) is 18.1. The van der Waals surface area contributed by atoms with Crippen LogP contribution in [0.2, 0.25) is 0 Å². The zero-order valence-corrected chi connectivity index (χ0v) is 18.0. The number of rotatable bonds is 3. The number of anilines is 1. The number of carbonyl (C=O) groups excluding carboxylic acids is 2. The highest BCUT2D eigenvalue weighted by Gasteiger charge is 2.49.